The molecule has 3 nitrogen and oxygen atoms in total. The van der Waals surface area contributed by atoms with Crippen molar-refractivity contribution in [3.8, 4) is 0 Å². The fourth-order valence-corrected chi connectivity index (χ4v) is 1.76. The highest BCUT2D eigenvalue weighted by Crippen LogP contribution is 2.16. The van der Waals surface area contributed by atoms with Crippen LogP contribution in [0.3, 0.4) is 0 Å². The Bertz CT molecular complexity index is 488. The van der Waals surface area contributed by atoms with E-state index in [1.807, 2.05) is 0 Å². The molecule has 0 atom stereocenters. The fourth-order valence-electron chi connectivity index (χ4n) is 0.900. The molecule has 0 unspecified atom stereocenters. The van der Waals surface area contributed by atoms with Crippen LogP contribution in [-0.2, 0) is 10.0 Å². The summed E-state index contributed by atoms with van der Waals surface area (Å²) in [4.78, 5) is -0.265. The van der Waals surface area contributed by atoms with Gasteiger partial charge in [0.05, 0.1) is 4.90 Å². The van der Waals surface area contributed by atoms with Crippen LogP contribution in [0.15, 0.2) is 33.6 Å². The lowest BCUT2D eigenvalue weighted by Gasteiger charge is -2.00. The van der Waals surface area contributed by atoms with Crippen LogP contribution < -0.4 is 0 Å². The van der Waals surface area contributed by atoms with E-state index in [1.165, 1.54) is 24.3 Å². The molecule has 0 bridgehead atoms. The minimum Gasteiger partial charge on any atom is -0.199 e. The van der Waals surface area contributed by atoms with Crippen molar-refractivity contribution in [3.05, 3.63) is 29.8 Å². The van der Waals surface area contributed by atoms with E-state index < -0.39 is 22.4 Å². The molecule has 0 radical (unpaired) electrons. The highest BCUT2D eigenvalue weighted by atomic mass is 32.2. The highest BCUT2D eigenvalue weighted by molar-refractivity contribution is 7.90. The van der Waals surface area contributed by atoms with Crippen LogP contribution in [-0.4, -0.2) is 20.8 Å². The van der Waals surface area contributed by atoms with Crippen molar-refractivity contribution < 1.29 is 21.6 Å². The molecule has 0 N–H and O–H groups in total. The van der Waals surface area contributed by atoms with Crippen molar-refractivity contribution in [1.82, 2.24) is 0 Å². The molecule has 0 saturated heterocycles. The van der Waals surface area contributed by atoms with E-state index in [0.717, 1.165) is 5.56 Å². The Kier molecular flexibility index (Phi) is 3.37. The van der Waals surface area contributed by atoms with Gasteiger partial charge < -0.3 is 0 Å². The second-order valence-electron chi connectivity index (χ2n) is 3.06. The molecule has 0 spiro atoms. The molecule has 1 aromatic carbocycles. The molecule has 0 saturated carbocycles. The van der Waals surface area contributed by atoms with Gasteiger partial charge in [0, 0.05) is 0 Å². The summed E-state index contributed by atoms with van der Waals surface area (Å²) in [7, 11) is -4.26. The summed E-state index contributed by atoms with van der Waals surface area (Å²) in [6.07, 6.45) is -5.28. The first-order chi connectivity index (χ1) is 7.21. The Hall–Kier alpha value is -1.37. The molecule has 0 fully saturated rings. The van der Waals surface area contributed by atoms with Crippen molar-refractivity contribution in [2.45, 2.75) is 18.0 Å². The van der Waals surface area contributed by atoms with E-state index in [1.54, 1.807) is 6.92 Å². The van der Waals surface area contributed by atoms with Gasteiger partial charge >= 0.3 is 6.18 Å². The molecule has 0 aromatic heterocycles. The number of hydrogen-bond acceptors (Lipinski definition) is 2. The number of nitrogens with zero attached hydrogens (tertiary/aromatic N) is 1. The van der Waals surface area contributed by atoms with Crippen LogP contribution in [0.1, 0.15) is 5.56 Å². The number of sulfonamides is 1. The smallest absolute Gasteiger partial charge is 0.199 e. The lowest BCUT2D eigenvalue weighted by atomic mass is 10.2. The Morgan fingerprint density at radius 3 is 2.12 bits per heavy atom. The normalized spacial score (nSPS) is 13.2. The van der Waals surface area contributed by atoms with Crippen LogP contribution in [0.2, 0.25) is 0 Å². The van der Waals surface area contributed by atoms with Gasteiger partial charge in [0.2, 0.25) is 0 Å². The molecule has 0 heterocycles. The molecule has 0 aliphatic rings. The number of rotatable bonds is 2. The van der Waals surface area contributed by atoms with Gasteiger partial charge in [0.15, 0.2) is 0 Å². The lowest BCUT2D eigenvalue weighted by molar-refractivity contribution is -0.0534. The standard InChI is InChI=1S/C9H8F3NO2S/c1-7-2-4-8(5-3-7)16(14,15)13-6-9(10,11)12/h2-6H,1H3/b13-6+. The number of halogens is 3. The first-order valence-corrected chi connectivity index (χ1v) is 5.60. The molecule has 16 heavy (non-hydrogen) atoms. The first kappa shape index (κ1) is 12.7. The topological polar surface area (TPSA) is 46.5 Å². The van der Waals surface area contributed by atoms with Crippen LogP contribution in [0.4, 0.5) is 13.2 Å². The van der Waals surface area contributed by atoms with Gasteiger partial charge in [-0.25, -0.2) is 0 Å². The maximum Gasteiger partial charge on any atom is 0.427 e. The van der Waals surface area contributed by atoms with Gasteiger partial charge in [-0.1, -0.05) is 17.7 Å². The zero-order chi connectivity index (χ0) is 12.4. The van der Waals surface area contributed by atoms with E-state index in [0.29, 0.717) is 0 Å². The van der Waals surface area contributed by atoms with Gasteiger partial charge in [0.1, 0.15) is 6.21 Å². The Labute approximate surface area is 90.7 Å². The second kappa shape index (κ2) is 4.25. The van der Waals surface area contributed by atoms with E-state index >= 15 is 0 Å². The second-order valence-corrected chi connectivity index (χ2v) is 4.70. The van der Waals surface area contributed by atoms with E-state index in [-0.39, 0.29) is 4.90 Å². The molecule has 7 heteroatoms. The number of aryl methyl sites for hydroxylation is 1. The van der Waals surface area contributed by atoms with E-state index in [9.17, 15) is 21.6 Å². The minimum absolute atomic E-state index is 0.265. The molecular weight excluding hydrogens is 243 g/mol. The summed E-state index contributed by atoms with van der Waals surface area (Å²) in [6, 6.07) is 5.38. The van der Waals surface area contributed by atoms with Gasteiger partial charge in [-0.05, 0) is 19.1 Å². The van der Waals surface area contributed by atoms with Crippen LogP contribution in [0, 0.1) is 6.92 Å². The summed E-state index contributed by atoms with van der Waals surface area (Å²) in [5, 5.41) is 0. The molecule has 1 aromatic rings. The largest absolute Gasteiger partial charge is 0.427 e. The van der Waals surface area contributed by atoms with Crippen molar-refractivity contribution in [2.75, 3.05) is 0 Å². The monoisotopic (exact) mass is 251 g/mol. The first-order valence-electron chi connectivity index (χ1n) is 4.16. The summed E-state index contributed by atoms with van der Waals surface area (Å²) in [6.45, 7) is 1.73. The van der Waals surface area contributed by atoms with Crippen LogP contribution in [0.5, 0.6) is 0 Å². The third-order valence-corrected chi connectivity index (χ3v) is 2.91. The summed E-state index contributed by atoms with van der Waals surface area (Å²) < 4.78 is 60.4. The molecule has 0 aliphatic carbocycles. The highest BCUT2D eigenvalue weighted by Gasteiger charge is 2.25. The summed E-state index contributed by atoms with van der Waals surface area (Å²) in [5.41, 5.74) is 0.804. The Morgan fingerprint density at radius 1 is 1.19 bits per heavy atom. The molecule has 1 rings (SSSR count). The zero-order valence-electron chi connectivity index (χ0n) is 8.19. The molecule has 0 amide bonds. The number of hydrogen-bond donors (Lipinski definition) is 0. The average Bonchev–Trinajstić information content (AvgIpc) is 2.15. The van der Waals surface area contributed by atoms with Gasteiger partial charge in [-0.2, -0.15) is 26.0 Å². The molecule has 0 aliphatic heterocycles. The third-order valence-electron chi connectivity index (χ3n) is 1.66. The number of benzene rings is 1. The average molecular weight is 251 g/mol. The zero-order valence-corrected chi connectivity index (χ0v) is 9.01. The van der Waals surface area contributed by atoms with Crippen molar-refractivity contribution in [2.24, 2.45) is 4.40 Å². The predicted octanol–water partition coefficient (Wildman–Crippen LogP) is 2.32. The minimum atomic E-state index is -4.74. The quantitative estimate of drug-likeness (QED) is 0.757. The number of alkyl halides is 3. The Balaban J connectivity index is 3.04. The van der Waals surface area contributed by atoms with E-state index in [4.69, 9.17) is 0 Å². The Morgan fingerprint density at radius 2 is 1.69 bits per heavy atom. The van der Waals surface area contributed by atoms with E-state index in [2.05, 4.69) is 4.40 Å². The van der Waals surface area contributed by atoms with Crippen LogP contribution >= 0.6 is 0 Å². The van der Waals surface area contributed by atoms with Gasteiger partial charge in [-0.15, -0.1) is 0 Å². The molecular formula is C9H8F3NO2S. The van der Waals surface area contributed by atoms with Crippen molar-refractivity contribution in [3.63, 3.8) is 0 Å². The fraction of sp³-hybridized carbons (Fsp3) is 0.222. The molecule has 88 valence electrons. The van der Waals surface area contributed by atoms with Gasteiger partial charge in [0.25, 0.3) is 10.0 Å². The lowest BCUT2D eigenvalue weighted by Crippen LogP contribution is -2.10. The van der Waals surface area contributed by atoms with Crippen molar-refractivity contribution >= 4 is 16.2 Å². The summed E-state index contributed by atoms with van der Waals surface area (Å²) in [5.74, 6) is 0. The maximum atomic E-state index is 11.8. The summed E-state index contributed by atoms with van der Waals surface area (Å²) >= 11 is 0. The SMILES string of the molecule is Cc1ccc(S(=O)(=O)/N=C/C(F)(F)F)cc1. The van der Waals surface area contributed by atoms with Crippen LogP contribution in [0.25, 0.3) is 0 Å². The maximum absolute atomic E-state index is 11.8. The van der Waals surface area contributed by atoms with Crippen molar-refractivity contribution in [1.29, 1.82) is 0 Å². The third kappa shape index (κ3) is 3.65. The van der Waals surface area contributed by atoms with Gasteiger partial charge in [-0.3, -0.25) is 0 Å². The predicted molar refractivity (Wildman–Crippen MR) is 52.9 cm³/mol.